The lowest BCUT2D eigenvalue weighted by Gasteiger charge is -2.09. The molecule has 2 heterocycles. The molecule has 0 aliphatic rings. The molecule has 2 aromatic heterocycles. The molecule has 0 atom stereocenters. The smallest absolute Gasteiger partial charge is 0.165 e. The van der Waals surface area contributed by atoms with E-state index in [0.29, 0.717) is 11.1 Å². The summed E-state index contributed by atoms with van der Waals surface area (Å²) in [6, 6.07) is 7.61. The van der Waals surface area contributed by atoms with Crippen molar-refractivity contribution in [1.82, 2.24) is 9.97 Å². The quantitative estimate of drug-likeness (QED) is 0.351. The number of anilines is 2. The van der Waals surface area contributed by atoms with Crippen molar-refractivity contribution in [3.8, 4) is 11.8 Å². The van der Waals surface area contributed by atoms with Crippen LogP contribution in [-0.4, -0.2) is 16.2 Å². The molecule has 0 bridgehead atoms. The Labute approximate surface area is 165 Å². The van der Waals surface area contributed by atoms with Gasteiger partial charge in [-0.1, -0.05) is 11.8 Å². The zero-order valence-electron chi connectivity index (χ0n) is 14.8. The molecule has 3 rings (SSSR count). The number of hydrogen-bond donors (Lipinski definition) is 3. The van der Waals surface area contributed by atoms with Gasteiger partial charge in [-0.25, -0.2) is 13.8 Å². The molecule has 0 amide bonds. The molecule has 8 heteroatoms. The number of aromatic nitrogens is 2. The van der Waals surface area contributed by atoms with E-state index in [2.05, 4.69) is 26.5 Å². The van der Waals surface area contributed by atoms with Crippen molar-refractivity contribution in [3.63, 3.8) is 0 Å². The summed E-state index contributed by atoms with van der Waals surface area (Å²) in [5.74, 6) is 3.78. The molecule has 1 aromatic carbocycles. The molecule has 0 spiro atoms. The maximum absolute atomic E-state index is 14.7. The van der Waals surface area contributed by atoms with Crippen LogP contribution in [-0.2, 0) is 0 Å². The lowest BCUT2D eigenvalue weighted by molar-refractivity contribution is 0.580. The third-order valence-corrected chi connectivity index (χ3v) is 4.73. The monoisotopic (exact) mass is 395 g/mol. The third-order valence-electron chi connectivity index (χ3n) is 3.76. The number of aryl methyl sites for hydroxylation is 1. The predicted octanol–water partition coefficient (Wildman–Crippen LogP) is 4.16. The zero-order valence-corrected chi connectivity index (χ0v) is 15.6. The highest BCUT2D eigenvalue weighted by Crippen LogP contribution is 2.27. The molecule has 0 aliphatic carbocycles. The SMILES string of the molecule is Cc1ncccc1SNc1ccc(F)c(C#Cc2cnc(N)c(C=N)c2)c1F. The number of nitrogen functional groups attached to an aromatic ring is 1. The molecule has 3 aromatic rings. The van der Waals surface area contributed by atoms with Crippen LogP contribution in [0.5, 0.6) is 0 Å². The lowest BCUT2D eigenvalue weighted by Crippen LogP contribution is -1.99. The minimum atomic E-state index is -0.794. The standard InChI is InChI=1S/C20H15F2N5S/c1-12-18(3-2-8-25-12)28-27-17-7-6-16(21)15(19(17)22)5-4-13-9-14(10-23)20(24)26-11-13/h2-3,6-11,23,27H,1H3,(H2,24,26). The number of nitrogens with two attached hydrogens (primary N) is 1. The van der Waals surface area contributed by atoms with Crippen molar-refractivity contribution in [3.05, 3.63) is 76.7 Å². The highest BCUT2D eigenvalue weighted by molar-refractivity contribution is 8.00. The molecule has 0 aliphatic heterocycles. The van der Waals surface area contributed by atoms with Crippen LogP contribution in [0.2, 0.25) is 0 Å². The van der Waals surface area contributed by atoms with E-state index in [1.807, 2.05) is 13.0 Å². The van der Waals surface area contributed by atoms with Crippen LogP contribution in [0.25, 0.3) is 0 Å². The van der Waals surface area contributed by atoms with Crippen LogP contribution in [0.3, 0.4) is 0 Å². The molecule has 0 radical (unpaired) electrons. The Kier molecular flexibility index (Phi) is 5.87. The molecule has 0 saturated heterocycles. The van der Waals surface area contributed by atoms with E-state index in [-0.39, 0.29) is 17.1 Å². The Morgan fingerprint density at radius 2 is 2.04 bits per heavy atom. The molecule has 5 nitrogen and oxygen atoms in total. The first-order valence-corrected chi connectivity index (χ1v) is 8.91. The first kappa shape index (κ1) is 19.3. The topological polar surface area (TPSA) is 87.7 Å². The molecule has 28 heavy (non-hydrogen) atoms. The fourth-order valence-corrected chi connectivity index (χ4v) is 2.97. The second-order valence-corrected chi connectivity index (χ2v) is 6.52. The van der Waals surface area contributed by atoms with E-state index in [1.54, 1.807) is 12.3 Å². The summed E-state index contributed by atoms with van der Waals surface area (Å²) in [7, 11) is 0. The summed E-state index contributed by atoms with van der Waals surface area (Å²) < 4.78 is 31.7. The number of nitrogens with one attached hydrogen (secondary N) is 2. The Balaban J connectivity index is 1.88. The van der Waals surface area contributed by atoms with Crippen molar-refractivity contribution in [2.75, 3.05) is 10.5 Å². The molecular formula is C20H15F2N5S. The Bertz CT molecular complexity index is 1110. The summed E-state index contributed by atoms with van der Waals surface area (Å²) in [5, 5.41) is 7.28. The van der Waals surface area contributed by atoms with E-state index in [0.717, 1.165) is 22.9 Å². The van der Waals surface area contributed by atoms with Crippen LogP contribution in [0.1, 0.15) is 22.4 Å². The highest BCUT2D eigenvalue weighted by Gasteiger charge is 2.13. The fraction of sp³-hybridized carbons (Fsp3) is 0.0500. The van der Waals surface area contributed by atoms with Crippen molar-refractivity contribution in [2.45, 2.75) is 11.8 Å². The first-order chi connectivity index (χ1) is 13.5. The van der Waals surface area contributed by atoms with Crippen molar-refractivity contribution < 1.29 is 8.78 Å². The van der Waals surface area contributed by atoms with Gasteiger partial charge in [-0.15, -0.1) is 0 Å². The zero-order chi connectivity index (χ0) is 20.1. The van der Waals surface area contributed by atoms with E-state index in [1.165, 1.54) is 30.3 Å². The predicted molar refractivity (Wildman–Crippen MR) is 107 cm³/mol. The average molecular weight is 395 g/mol. The molecule has 0 unspecified atom stereocenters. The molecule has 0 fully saturated rings. The van der Waals surface area contributed by atoms with Crippen LogP contribution in [0, 0.1) is 35.8 Å². The molecule has 0 saturated carbocycles. The Morgan fingerprint density at radius 3 is 2.79 bits per heavy atom. The lowest BCUT2D eigenvalue weighted by atomic mass is 10.1. The van der Waals surface area contributed by atoms with Crippen molar-refractivity contribution in [2.24, 2.45) is 0 Å². The molecular weight excluding hydrogens is 380 g/mol. The average Bonchev–Trinajstić information content (AvgIpc) is 2.69. The van der Waals surface area contributed by atoms with Gasteiger partial charge in [0.1, 0.15) is 11.6 Å². The second kappa shape index (κ2) is 8.50. The fourth-order valence-electron chi connectivity index (χ4n) is 2.24. The van der Waals surface area contributed by atoms with Crippen molar-refractivity contribution >= 4 is 29.7 Å². The van der Waals surface area contributed by atoms with Crippen LogP contribution < -0.4 is 10.5 Å². The summed E-state index contributed by atoms with van der Waals surface area (Å²) in [6.45, 7) is 1.84. The molecule has 4 N–H and O–H groups in total. The van der Waals surface area contributed by atoms with E-state index < -0.39 is 11.6 Å². The van der Waals surface area contributed by atoms with Crippen molar-refractivity contribution in [1.29, 1.82) is 5.41 Å². The number of nitrogens with zero attached hydrogens (tertiary/aromatic N) is 2. The summed E-state index contributed by atoms with van der Waals surface area (Å²) in [4.78, 5) is 8.90. The van der Waals surface area contributed by atoms with Gasteiger partial charge in [0.2, 0.25) is 0 Å². The number of benzene rings is 1. The van der Waals surface area contributed by atoms with Gasteiger partial charge < -0.3 is 15.9 Å². The normalized spacial score (nSPS) is 10.1. The number of hydrogen-bond acceptors (Lipinski definition) is 6. The Hall–Kier alpha value is -3.44. The maximum atomic E-state index is 14.7. The van der Waals surface area contributed by atoms with E-state index in [4.69, 9.17) is 11.1 Å². The van der Waals surface area contributed by atoms with E-state index >= 15 is 0 Å². The maximum Gasteiger partial charge on any atom is 0.165 e. The second-order valence-electron chi connectivity index (χ2n) is 5.67. The minimum Gasteiger partial charge on any atom is -0.383 e. The van der Waals surface area contributed by atoms with Gasteiger partial charge in [0.05, 0.1) is 16.9 Å². The summed E-state index contributed by atoms with van der Waals surface area (Å²) >= 11 is 1.18. The summed E-state index contributed by atoms with van der Waals surface area (Å²) in [6.07, 6.45) is 4.09. The van der Waals surface area contributed by atoms with E-state index in [9.17, 15) is 8.78 Å². The van der Waals surface area contributed by atoms with Gasteiger partial charge in [0.25, 0.3) is 0 Å². The van der Waals surface area contributed by atoms with Crippen LogP contribution in [0.4, 0.5) is 20.3 Å². The number of halogens is 2. The van der Waals surface area contributed by atoms with Gasteiger partial charge in [-0.3, -0.25) is 4.98 Å². The van der Waals surface area contributed by atoms with Crippen LogP contribution in [0.15, 0.2) is 47.6 Å². The minimum absolute atomic E-state index is 0.106. The highest BCUT2D eigenvalue weighted by atomic mass is 32.2. The van der Waals surface area contributed by atoms with Gasteiger partial charge in [0.15, 0.2) is 5.82 Å². The third kappa shape index (κ3) is 4.27. The van der Waals surface area contributed by atoms with Crippen LogP contribution >= 0.6 is 11.9 Å². The van der Waals surface area contributed by atoms with Gasteiger partial charge in [0, 0.05) is 34.6 Å². The largest absolute Gasteiger partial charge is 0.383 e. The first-order valence-electron chi connectivity index (χ1n) is 8.10. The van der Waals surface area contributed by atoms with Gasteiger partial charge in [-0.05, 0) is 49.2 Å². The molecule has 140 valence electrons. The van der Waals surface area contributed by atoms with Gasteiger partial charge in [-0.2, -0.15) is 0 Å². The van der Waals surface area contributed by atoms with Gasteiger partial charge >= 0.3 is 0 Å². The number of pyridine rings is 2. The summed E-state index contributed by atoms with van der Waals surface area (Å²) in [5.41, 5.74) is 6.93. The number of rotatable bonds is 4. The Morgan fingerprint density at radius 1 is 1.21 bits per heavy atom.